The Bertz CT molecular complexity index is 467. The number of carboxylic acid groups (broad SMARTS) is 1. The monoisotopic (exact) mass is 291 g/mol. The van der Waals surface area contributed by atoms with Crippen LogP contribution in [0.5, 0.6) is 0 Å². The van der Waals surface area contributed by atoms with Gasteiger partial charge < -0.3 is 5.11 Å². The van der Waals surface area contributed by atoms with Crippen molar-refractivity contribution < 1.29 is 18.3 Å². The summed E-state index contributed by atoms with van der Waals surface area (Å²) in [6.07, 6.45) is 4.99. The molecule has 1 unspecified atom stereocenters. The minimum Gasteiger partial charge on any atom is -0.480 e. The number of carboxylic acids is 1. The Morgan fingerprint density at radius 2 is 2.17 bits per heavy atom. The van der Waals surface area contributed by atoms with Crippen molar-refractivity contribution in [3.8, 4) is 0 Å². The molecule has 0 saturated carbocycles. The van der Waals surface area contributed by atoms with Crippen LogP contribution in [0.25, 0.3) is 0 Å². The second-order valence-electron chi connectivity index (χ2n) is 4.02. The van der Waals surface area contributed by atoms with Crippen LogP contribution in [0.2, 0.25) is 0 Å². The highest BCUT2D eigenvalue weighted by Gasteiger charge is 2.35. The molecule has 0 fully saturated rings. The van der Waals surface area contributed by atoms with Gasteiger partial charge in [-0.15, -0.1) is 11.3 Å². The average Bonchev–Trinajstić information content (AvgIpc) is 2.82. The third kappa shape index (κ3) is 3.78. The van der Waals surface area contributed by atoms with Crippen LogP contribution in [0.4, 0.5) is 0 Å². The van der Waals surface area contributed by atoms with E-state index in [4.69, 9.17) is 5.11 Å². The summed E-state index contributed by atoms with van der Waals surface area (Å²) in [5.41, 5.74) is 0. The van der Waals surface area contributed by atoms with Crippen molar-refractivity contribution in [2.75, 3.05) is 0 Å². The first-order chi connectivity index (χ1) is 8.50. The molecule has 18 heavy (non-hydrogen) atoms. The normalized spacial score (nSPS) is 13.4. The molecular weight excluding hydrogens is 274 g/mol. The standard InChI is InChI=1S/C11H17NO4S2/c1-2-3-4-5-6-9(10(13)14)18(15,16)11-12-7-8-17-11/h7-9H,2-6H2,1H3,(H,13,14). The summed E-state index contributed by atoms with van der Waals surface area (Å²) in [4.78, 5) is 14.8. The van der Waals surface area contributed by atoms with E-state index in [2.05, 4.69) is 4.98 Å². The van der Waals surface area contributed by atoms with E-state index >= 15 is 0 Å². The molecule has 102 valence electrons. The SMILES string of the molecule is CCCCCCC(C(=O)O)S(=O)(=O)c1nccs1. The number of nitrogens with zero attached hydrogens (tertiary/aromatic N) is 1. The van der Waals surface area contributed by atoms with Crippen LogP contribution in [-0.4, -0.2) is 29.7 Å². The topological polar surface area (TPSA) is 84.3 Å². The molecule has 0 amide bonds. The van der Waals surface area contributed by atoms with Crippen LogP contribution in [0.1, 0.15) is 39.0 Å². The lowest BCUT2D eigenvalue weighted by molar-refractivity contribution is -0.136. The van der Waals surface area contributed by atoms with Crippen molar-refractivity contribution in [3.63, 3.8) is 0 Å². The van der Waals surface area contributed by atoms with Gasteiger partial charge in [-0.25, -0.2) is 13.4 Å². The summed E-state index contributed by atoms with van der Waals surface area (Å²) in [7, 11) is -3.84. The third-order valence-corrected chi connectivity index (χ3v) is 5.95. The zero-order valence-electron chi connectivity index (χ0n) is 10.2. The number of sulfone groups is 1. The Hall–Kier alpha value is -0.950. The molecule has 0 radical (unpaired) electrons. The fourth-order valence-electron chi connectivity index (χ4n) is 1.64. The molecule has 1 rings (SSSR count). The molecule has 1 heterocycles. The van der Waals surface area contributed by atoms with Crippen molar-refractivity contribution in [2.45, 2.75) is 48.6 Å². The van der Waals surface area contributed by atoms with Gasteiger partial charge in [0.25, 0.3) is 0 Å². The summed E-state index contributed by atoms with van der Waals surface area (Å²) in [5.74, 6) is -1.29. The summed E-state index contributed by atoms with van der Waals surface area (Å²) < 4.78 is 24.0. The third-order valence-electron chi connectivity index (χ3n) is 2.62. The van der Waals surface area contributed by atoms with E-state index in [0.29, 0.717) is 6.42 Å². The number of carbonyl (C=O) groups is 1. The molecule has 0 aromatic carbocycles. The van der Waals surface area contributed by atoms with E-state index in [1.54, 1.807) is 0 Å². The lowest BCUT2D eigenvalue weighted by Gasteiger charge is -2.11. The smallest absolute Gasteiger partial charge is 0.322 e. The Balaban J connectivity index is 2.76. The Morgan fingerprint density at radius 1 is 1.44 bits per heavy atom. The fourth-order valence-corrected chi connectivity index (χ4v) is 4.25. The maximum Gasteiger partial charge on any atom is 0.322 e. The second-order valence-corrected chi connectivity index (χ2v) is 7.22. The van der Waals surface area contributed by atoms with Gasteiger partial charge in [-0.3, -0.25) is 4.79 Å². The van der Waals surface area contributed by atoms with Gasteiger partial charge in [0.1, 0.15) is 0 Å². The van der Waals surface area contributed by atoms with Crippen molar-refractivity contribution in [2.24, 2.45) is 0 Å². The maximum atomic E-state index is 12.1. The average molecular weight is 291 g/mol. The van der Waals surface area contributed by atoms with Gasteiger partial charge in [-0.2, -0.15) is 0 Å². The van der Waals surface area contributed by atoms with E-state index < -0.39 is 21.1 Å². The van der Waals surface area contributed by atoms with Gasteiger partial charge in [0.05, 0.1) is 0 Å². The van der Waals surface area contributed by atoms with Gasteiger partial charge in [-0.05, 0) is 6.42 Å². The van der Waals surface area contributed by atoms with Gasteiger partial charge >= 0.3 is 5.97 Å². The van der Waals surface area contributed by atoms with Crippen molar-refractivity contribution in [1.82, 2.24) is 4.98 Å². The number of aliphatic carboxylic acids is 1. The molecule has 0 aliphatic carbocycles. The summed E-state index contributed by atoms with van der Waals surface area (Å²) in [6.45, 7) is 2.04. The van der Waals surface area contributed by atoms with E-state index in [-0.39, 0.29) is 10.8 Å². The Kier molecular flexibility index (Phi) is 5.74. The number of rotatable bonds is 8. The zero-order valence-corrected chi connectivity index (χ0v) is 11.8. The quantitative estimate of drug-likeness (QED) is 0.743. The van der Waals surface area contributed by atoms with Crippen LogP contribution in [-0.2, 0) is 14.6 Å². The van der Waals surface area contributed by atoms with Crippen LogP contribution >= 0.6 is 11.3 Å². The molecule has 1 atom stereocenters. The molecule has 5 nitrogen and oxygen atoms in total. The molecule has 0 saturated heterocycles. The highest BCUT2D eigenvalue weighted by molar-refractivity contribution is 7.94. The number of thiazole rings is 1. The maximum absolute atomic E-state index is 12.1. The number of aromatic nitrogens is 1. The van der Waals surface area contributed by atoms with Crippen LogP contribution in [0, 0.1) is 0 Å². The summed E-state index contributed by atoms with van der Waals surface area (Å²) >= 11 is 0.957. The zero-order chi connectivity index (χ0) is 13.6. The van der Waals surface area contributed by atoms with Gasteiger partial charge in [0.15, 0.2) is 5.25 Å². The highest BCUT2D eigenvalue weighted by Crippen LogP contribution is 2.22. The summed E-state index contributed by atoms with van der Waals surface area (Å²) in [6, 6.07) is 0. The fraction of sp³-hybridized carbons (Fsp3) is 0.636. The van der Waals surface area contributed by atoms with Crippen LogP contribution in [0.15, 0.2) is 15.9 Å². The van der Waals surface area contributed by atoms with Gasteiger partial charge in [0.2, 0.25) is 14.2 Å². The van der Waals surface area contributed by atoms with Crippen LogP contribution in [0.3, 0.4) is 0 Å². The lowest BCUT2D eigenvalue weighted by atomic mass is 10.1. The molecule has 1 N–H and O–H groups in total. The molecule has 1 aromatic heterocycles. The Morgan fingerprint density at radius 3 is 2.67 bits per heavy atom. The van der Waals surface area contributed by atoms with Gasteiger partial charge in [0, 0.05) is 11.6 Å². The second kappa shape index (κ2) is 6.84. The first-order valence-corrected chi connectivity index (χ1v) is 8.29. The number of unbranched alkanes of at least 4 members (excludes halogenated alkanes) is 3. The number of hydrogen-bond acceptors (Lipinski definition) is 5. The summed E-state index contributed by atoms with van der Waals surface area (Å²) in [5, 5.41) is 9.22. The highest BCUT2D eigenvalue weighted by atomic mass is 32.2. The predicted molar refractivity (Wildman–Crippen MR) is 69.5 cm³/mol. The first kappa shape index (κ1) is 15.1. The van der Waals surface area contributed by atoms with Crippen LogP contribution < -0.4 is 0 Å². The molecule has 0 aliphatic rings. The van der Waals surface area contributed by atoms with Crippen molar-refractivity contribution in [3.05, 3.63) is 11.6 Å². The molecule has 1 aromatic rings. The molecular formula is C11H17NO4S2. The first-order valence-electron chi connectivity index (χ1n) is 5.86. The molecule has 0 spiro atoms. The van der Waals surface area contributed by atoms with E-state index in [1.165, 1.54) is 11.6 Å². The van der Waals surface area contributed by atoms with E-state index in [1.807, 2.05) is 6.92 Å². The lowest BCUT2D eigenvalue weighted by Crippen LogP contribution is -2.30. The number of hydrogen-bond donors (Lipinski definition) is 1. The molecule has 0 aliphatic heterocycles. The minimum absolute atomic E-state index is 0.106. The minimum atomic E-state index is -3.84. The largest absolute Gasteiger partial charge is 0.480 e. The van der Waals surface area contributed by atoms with E-state index in [0.717, 1.165) is 30.6 Å². The van der Waals surface area contributed by atoms with Crippen molar-refractivity contribution >= 4 is 27.1 Å². The van der Waals surface area contributed by atoms with Gasteiger partial charge in [-0.1, -0.05) is 32.6 Å². The predicted octanol–water partition coefficient (Wildman–Crippen LogP) is 2.34. The van der Waals surface area contributed by atoms with Crippen molar-refractivity contribution in [1.29, 1.82) is 0 Å². The Labute approximate surface area is 111 Å². The van der Waals surface area contributed by atoms with E-state index in [9.17, 15) is 13.2 Å². The molecule has 0 bridgehead atoms. The molecule has 7 heteroatoms.